The smallest absolute Gasteiger partial charge is 0.457 e. The molecule has 0 spiro atoms. The van der Waals surface area contributed by atoms with E-state index in [0.717, 1.165) is 23.3 Å². The van der Waals surface area contributed by atoms with E-state index in [2.05, 4.69) is 24.1 Å². The molecule has 0 saturated carbocycles. The zero-order valence-electron chi connectivity index (χ0n) is 31.9. The van der Waals surface area contributed by atoms with Crippen molar-refractivity contribution < 1.29 is 55.2 Å². The van der Waals surface area contributed by atoms with E-state index in [1.807, 2.05) is 66.7 Å². The third kappa shape index (κ3) is 11.2. The highest BCUT2D eigenvalue weighted by atomic mass is 19.4. The summed E-state index contributed by atoms with van der Waals surface area (Å²) in [6.45, 7) is 5.33. The van der Waals surface area contributed by atoms with Gasteiger partial charge in [-0.15, -0.1) is 4.94 Å². The average Bonchev–Trinajstić information content (AvgIpc) is 3.23. The van der Waals surface area contributed by atoms with Crippen LogP contribution in [0.15, 0.2) is 152 Å². The number of carbonyl (C=O) groups is 2. The first-order chi connectivity index (χ1) is 28.1. The summed E-state index contributed by atoms with van der Waals surface area (Å²) >= 11 is 0. The molecule has 0 saturated heterocycles. The lowest BCUT2D eigenvalue weighted by atomic mass is 9.78. The van der Waals surface area contributed by atoms with Crippen molar-refractivity contribution in [3.8, 4) is 34.5 Å². The number of benzene rings is 6. The van der Waals surface area contributed by atoms with E-state index in [0.29, 0.717) is 40.0 Å². The topological polar surface area (TPSA) is 95.1 Å². The monoisotopic (exact) mass is 816 g/mol. The van der Waals surface area contributed by atoms with Gasteiger partial charge in [0.05, 0.1) is 6.67 Å². The van der Waals surface area contributed by atoms with Gasteiger partial charge in [-0.2, -0.15) is 17.6 Å². The molecule has 0 aromatic heterocycles. The average molecular weight is 817 g/mol. The second-order valence-corrected chi connectivity index (χ2v) is 13.2. The summed E-state index contributed by atoms with van der Waals surface area (Å²) in [5.41, 5.74) is 2.41. The summed E-state index contributed by atoms with van der Waals surface area (Å²) < 4.78 is 92.2. The van der Waals surface area contributed by atoms with Gasteiger partial charge in [0.25, 0.3) is 5.91 Å². The molecule has 14 heteroatoms. The second-order valence-electron chi connectivity index (χ2n) is 13.2. The van der Waals surface area contributed by atoms with Crippen LogP contribution >= 0.6 is 0 Å². The summed E-state index contributed by atoms with van der Waals surface area (Å²) in [7, 11) is 0. The van der Waals surface area contributed by atoms with Crippen LogP contribution in [0.3, 0.4) is 0 Å². The lowest BCUT2D eigenvalue weighted by molar-refractivity contribution is -0.379. The van der Waals surface area contributed by atoms with Crippen LogP contribution in [-0.2, 0) is 15.2 Å². The van der Waals surface area contributed by atoms with Gasteiger partial charge in [0.1, 0.15) is 34.5 Å². The van der Waals surface area contributed by atoms with Crippen LogP contribution < -0.4 is 24.8 Å². The number of hydrogen-bond donors (Lipinski definition) is 2. The highest BCUT2D eigenvalue weighted by Gasteiger charge is 2.65. The van der Waals surface area contributed by atoms with E-state index in [4.69, 9.17) is 14.2 Å². The van der Waals surface area contributed by atoms with Gasteiger partial charge in [-0.25, -0.2) is 0 Å². The van der Waals surface area contributed by atoms with Crippen LogP contribution in [0, 0.1) is 0 Å². The molecule has 0 aliphatic heterocycles. The number of carbonyl (C=O) groups excluding carboxylic acids is 2. The first-order valence-corrected chi connectivity index (χ1v) is 18.0. The number of alkyl halides is 5. The SMILES string of the molecule is CC(C)(c1ccc(Oc2ccc(NC(=O)c3ccc(Oc4ccccc4)cc3)cc2)cc1)c1ccc(Oc2ccc(NC(=O)C(F)(OF)C(F)(F)F)cc2)cc1.CCF. The maximum absolute atomic E-state index is 13.7. The van der Waals surface area contributed by atoms with Crippen LogP contribution in [0.4, 0.5) is 37.9 Å². The maximum atomic E-state index is 13.7. The van der Waals surface area contributed by atoms with Crippen molar-refractivity contribution in [2.75, 3.05) is 17.3 Å². The van der Waals surface area contributed by atoms with Gasteiger partial charge in [0, 0.05) is 22.4 Å². The Balaban J connectivity index is 0.00000214. The van der Waals surface area contributed by atoms with E-state index < -0.39 is 23.4 Å². The second kappa shape index (κ2) is 19.1. The largest absolute Gasteiger partial charge is 0.461 e. The quantitative estimate of drug-likeness (QED) is 0.113. The zero-order chi connectivity index (χ0) is 42.6. The van der Waals surface area contributed by atoms with Gasteiger partial charge < -0.3 is 24.8 Å². The van der Waals surface area contributed by atoms with Gasteiger partial charge in [0.2, 0.25) is 0 Å². The molecule has 0 aliphatic rings. The summed E-state index contributed by atoms with van der Waals surface area (Å²) in [6, 6.07) is 43.2. The zero-order valence-corrected chi connectivity index (χ0v) is 31.9. The lowest BCUT2D eigenvalue weighted by Gasteiger charge is -2.26. The highest BCUT2D eigenvalue weighted by Crippen LogP contribution is 2.38. The molecule has 0 radical (unpaired) electrons. The minimum absolute atomic E-state index is 0.243. The van der Waals surface area contributed by atoms with Gasteiger partial charge >= 0.3 is 17.9 Å². The van der Waals surface area contributed by atoms with E-state index in [1.54, 1.807) is 66.0 Å². The number of anilines is 2. The van der Waals surface area contributed by atoms with Gasteiger partial charge in [-0.05, 0) is 132 Å². The van der Waals surface area contributed by atoms with Crippen molar-refractivity contribution in [2.45, 2.75) is 38.2 Å². The van der Waals surface area contributed by atoms with Crippen LogP contribution in [0.5, 0.6) is 34.5 Å². The van der Waals surface area contributed by atoms with Crippen molar-refractivity contribution in [1.29, 1.82) is 0 Å². The molecule has 306 valence electrons. The molecule has 1 atom stereocenters. The van der Waals surface area contributed by atoms with Crippen molar-refractivity contribution in [3.63, 3.8) is 0 Å². The summed E-state index contributed by atoms with van der Waals surface area (Å²) in [6.07, 6.45) is -5.93. The number of ether oxygens (including phenoxy) is 3. The maximum Gasteiger partial charge on any atom is 0.461 e. The number of amides is 2. The van der Waals surface area contributed by atoms with E-state index in [-0.39, 0.29) is 24.0 Å². The van der Waals surface area contributed by atoms with Gasteiger partial charge in [-0.3, -0.25) is 14.0 Å². The molecule has 1 unspecified atom stereocenters. The van der Waals surface area contributed by atoms with Crippen molar-refractivity contribution >= 4 is 23.2 Å². The van der Waals surface area contributed by atoms with Crippen LogP contribution in [-0.4, -0.2) is 30.5 Å². The molecule has 6 aromatic carbocycles. The van der Waals surface area contributed by atoms with Crippen molar-refractivity contribution in [1.82, 2.24) is 0 Å². The molecule has 0 heterocycles. The van der Waals surface area contributed by atoms with Crippen LogP contribution in [0.1, 0.15) is 42.3 Å². The lowest BCUT2D eigenvalue weighted by Crippen LogP contribution is -2.51. The third-order valence-electron chi connectivity index (χ3n) is 8.71. The Bertz CT molecular complexity index is 2270. The van der Waals surface area contributed by atoms with E-state index in [1.165, 1.54) is 19.1 Å². The van der Waals surface area contributed by atoms with Gasteiger partial charge in [-0.1, -0.05) is 56.3 Å². The Hall–Kier alpha value is -6.80. The number of rotatable bonds is 13. The molecule has 0 bridgehead atoms. The van der Waals surface area contributed by atoms with E-state index in [9.17, 15) is 36.1 Å². The molecule has 6 rings (SSSR count). The molecule has 0 aliphatic carbocycles. The summed E-state index contributed by atoms with van der Waals surface area (Å²) in [4.78, 5) is 26.8. The highest BCUT2D eigenvalue weighted by molar-refractivity contribution is 6.04. The molecule has 59 heavy (non-hydrogen) atoms. The minimum Gasteiger partial charge on any atom is -0.457 e. The first kappa shape index (κ1) is 43.3. The number of nitrogens with one attached hydrogen (secondary N) is 2. The fraction of sp³-hybridized carbons (Fsp3) is 0.156. The Labute approximate surface area is 336 Å². The molecule has 6 aromatic rings. The molecule has 8 nitrogen and oxygen atoms in total. The standard InChI is InChI=1S/C43H33F5N2O6.C2H5F/c1-41(2,30-12-22-36(23-13-30)55-38-26-16-32(17-27-38)50-40(52)42(44,56-48)43(45,46)47)29-10-20-35(21-11-29)54-37-24-14-31(15-25-37)49-39(51)28-8-18-34(19-9-28)53-33-6-4-3-5-7-33;1-2-3/h3-27H,1-2H3,(H,49,51)(H,50,52);2H2,1H3. The van der Waals surface area contributed by atoms with Crippen molar-refractivity contribution in [3.05, 3.63) is 168 Å². The number of para-hydroxylation sites is 1. The van der Waals surface area contributed by atoms with Crippen LogP contribution in [0.25, 0.3) is 0 Å². The number of halogens is 6. The fourth-order valence-corrected chi connectivity index (χ4v) is 5.45. The normalized spacial score (nSPS) is 12.2. The number of hydrogen-bond acceptors (Lipinski definition) is 6. The Kier molecular flexibility index (Phi) is 14.0. The molecule has 0 fully saturated rings. The molecular weight excluding hydrogens is 778 g/mol. The van der Waals surface area contributed by atoms with Crippen LogP contribution in [0.2, 0.25) is 0 Å². The Morgan fingerprint density at radius 3 is 1.24 bits per heavy atom. The summed E-state index contributed by atoms with van der Waals surface area (Å²) in [5, 5.41) is 4.51. The minimum atomic E-state index is -5.93. The molecule has 2 N–H and O–H groups in total. The molecular formula is C45H38F6N2O6. The predicted octanol–water partition coefficient (Wildman–Crippen LogP) is 12.7. The predicted molar refractivity (Wildman–Crippen MR) is 211 cm³/mol. The Morgan fingerprint density at radius 2 is 0.864 bits per heavy atom. The third-order valence-corrected chi connectivity index (χ3v) is 8.71. The van der Waals surface area contributed by atoms with Gasteiger partial charge in [0.15, 0.2) is 0 Å². The summed E-state index contributed by atoms with van der Waals surface area (Å²) in [5.74, 6) is -4.54. The van der Waals surface area contributed by atoms with E-state index >= 15 is 0 Å². The fourth-order valence-electron chi connectivity index (χ4n) is 5.45. The first-order valence-electron chi connectivity index (χ1n) is 18.0. The van der Waals surface area contributed by atoms with Crippen molar-refractivity contribution in [2.24, 2.45) is 0 Å². The Morgan fingerprint density at radius 1 is 0.525 bits per heavy atom. The molecule has 2 amide bonds.